The highest BCUT2D eigenvalue weighted by molar-refractivity contribution is 4.98. The first-order chi connectivity index (χ1) is 5.33. The number of aromatic amines is 1. The van der Waals surface area contributed by atoms with Gasteiger partial charge in [0.25, 0.3) is 0 Å². The number of rotatable bonds is 4. The molecule has 0 spiro atoms. The highest BCUT2D eigenvalue weighted by Crippen LogP contribution is 1.97. The molecule has 0 aliphatic carbocycles. The van der Waals surface area contributed by atoms with Crippen LogP contribution in [0.5, 0.6) is 0 Å². The summed E-state index contributed by atoms with van der Waals surface area (Å²) in [5.41, 5.74) is 1.14. The zero-order valence-electron chi connectivity index (χ0n) is 7.15. The van der Waals surface area contributed by atoms with Crippen LogP contribution in [0.3, 0.4) is 0 Å². The Hall–Kier alpha value is -0.830. The predicted molar refractivity (Wildman–Crippen MR) is 45.6 cm³/mol. The van der Waals surface area contributed by atoms with Gasteiger partial charge in [0.1, 0.15) is 5.82 Å². The van der Waals surface area contributed by atoms with E-state index in [4.69, 9.17) is 0 Å². The van der Waals surface area contributed by atoms with Crippen LogP contribution in [0, 0.1) is 6.92 Å². The van der Waals surface area contributed by atoms with Gasteiger partial charge in [-0.3, -0.25) is 0 Å². The molecule has 0 amide bonds. The van der Waals surface area contributed by atoms with Gasteiger partial charge in [0.05, 0.1) is 0 Å². The lowest BCUT2D eigenvalue weighted by Crippen LogP contribution is -2.08. The summed E-state index contributed by atoms with van der Waals surface area (Å²) in [6.07, 6.45) is 4.05. The number of hydrogen-bond donors (Lipinski definition) is 2. The summed E-state index contributed by atoms with van der Waals surface area (Å²) in [7, 11) is 1.97. The van der Waals surface area contributed by atoms with E-state index < -0.39 is 0 Å². The van der Waals surface area contributed by atoms with Crippen LogP contribution in [0.2, 0.25) is 0 Å². The Bertz CT molecular complexity index is 205. The van der Waals surface area contributed by atoms with Crippen LogP contribution in [0.4, 0.5) is 0 Å². The molecule has 0 saturated heterocycles. The van der Waals surface area contributed by atoms with E-state index in [-0.39, 0.29) is 0 Å². The topological polar surface area (TPSA) is 40.7 Å². The first kappa shape index (κ1) is 8.27. The van der Waals surface area contributed by atoms with Gasteiger partial charge >= 0.3 is 0 Å². The maximum Gasteiger partial charge on any atom is 0.106 e. The van der Waals surface area contributed by atoms with Crippen LogP contribution in [0.1, 0.15) is 17.9 Å². The molecule has 11 heavy (non-hydrogen) atoms. The number of nitrogens with zero attached hydrogens (tertiary/aromatic N) is 1. The molecular weight excluding hydrogens is 138 g/mol. The molecule has 62 valence electrons. The van der Waals surface area contributed by atoms with Gasteiger partial charge in [-0.15, -0.1) is 0 Å². The van der Waals surface area contributed by atoms with E-state index in [0.717, 1.165) is 30.9 Å². The number of H-pyrrole nitrogens is 1. The Morgan fingerprint density at radius 2 is 2.45 bits per heavy atom. The Kier molecular flexibility index (Phi) is 3.11. The molecule has 1 aromatic heterocycles. The number of nitrogens with one attached hydrogen (secondary N) is 2. The molecule has 0 atom stereocenters. The monoisotopic (exact) mass is 153 g/mol. The SMILES string of the molecule is CNCCCc1ncc(C)[nH]1. The third kappa shape index (κ3) is 2.72. The standard InChI is InChI=1S/C8H15N3/c1-7-6-10-8(11-7)4-3-5-9-2/h6,9H,3-5H2,1-2H3,(H,10,11). The van der Waals surface area contributed by atoms with Gasteiger partial charge in [0.2, 0.25) is 0 Å². The number of imidazole rings is 1. The summed E-state index contributed by atoms with van der Waals surface area (Å²) in [5, 5.41) is 3.10. The average Bonchev–Trinajstić information content (AvgIpc) is 2.37. The van der Waals surface area contributed by atoms with E-state index >= 15 is 0 Å². The molecular formula is C8H15N3. The zero-order chi connectivity index (χ0) is 8.10. The lowest BCUT2D eigenvalue weighted by atomic mass is 10.3. The normalized spacial score (nSPS) is 10.4. The van der Waals surface area contributed by atoms with E-state index in [2.05, 4.69) is 15.3 Å². The third-order valence-corrected chi connectivity index (χ3v) is 1.60. The lowest BCUT2D eigenvalue weighted by Gasteiger charge is -1.95. The summed E-state index contributed by atoms with van der Waals surface area (Å²) in [6, 6.07) is 0. The van der Waals surface area contributed by atoms with Gasteiger partial charge in [0, 0.05) is 18.3 Å². The molecule has 0 fully saturated rings. The summed E-state index contributed by atoms with van der Waals surface area (Å²) in [6.45, 7) is 3.08. The fourth-order valence-electron chi connectivity index (χ4n) is 1.03. The molecule has 1 rings (SSSR count). The van der Waals surface area contributed by atoms with Gasteiger partial charge in [-0.25, -0.2) is 4.98 Å². The molecule has 1 aromatic rings. The van der Waals surface area contributed by atoms with Crippen molar-refractivity contribution in [1.82, 2.24) is 15.3 Å². The first-order valence-electron chi connectivity index (χ1n) is 3.98. The second-order valence-electron chi connectivity index (χ2n) is 2.72. The van der Waals surface area contributed by atoms with Crippen LogP contribution in [-0.2, 0) is 6.42 Å². The molecule has 0 aromatic carbocycles. The van der Waals surface area contributed by atoms with Crippen molar-refractivity contribution in [2.24, 2.45) is 0 Å². The smallest absolute Gasteiger partial charge is 0.106 e. The molecule has 0 radical (unpaired) electrons. The van der Waals surface area contributed by atoms with Gasteiger partial charge in [0.15, 0.2) is 0 Å². The molecule has 3 nitrogen and oxygen atoms in total. The fourth-order valence-corrected chi connectivity index (χ4v) is 1.03. The molecule has 1 heterocycles. The Balaban J connectivity index is 2.27. The van der Waals surface area contributed by atoms with Crippen molar-refractivity contribution in [2.75, 3.05) is 13.6 Å². The summed E-state index contributed by atoms with van der Waals surface area (Å²) in [4.78, 5) is 7.40. The van der Waals surface area contributed by atoms with Crippen molar-refractivity contribution in [3.63, 3.8) is 0 Å². The quantitative estimate of drug-likeness (QED) is 0.630. The van der Waals surface area contributed by atoms with Crippen LogP contribution >= 0.6 is 0 Å². The van der Waals surface area contributed by atoms with Crippen molar-refractivity contribution in [2.45, 2.75) is 19.8 Å². The fraction of sp³-hybridized carbons (Fsp3) is 0.625. The van der Waals surface area contributed by atoms with E-state index in [1.807, 2.05) is 20.2 Å². The summed E-state index contributed by atoms with van der Waals surface area (Å²) >= 11 is 0. The minimum atomic E-state index is 1.04. The van der Waals surface area contributed by atoms with Crippen LogP contribution in [0.25, 0.3) is 0 Å². The van der Waals surface area contributed by atoms with Crippen LogP contribution < -0.4 is 5.32 Å². The van der Waals surface area contributed by atoms with Gasteiger partial charge in [-0.1, -0.05) is 0 Å². The number of aryl methyl sites for hydroxylation is 2. The molecule has 0 aliphatic heterocycles. The van der Waals surface area contributed by atoms with E-state index in [9.17, 15) is 0 Å². The maximum atomic E-state index is 4.20. The third-order valence-electron chi connectivity index (χ3n) is 1.60. The molecule has 3 heteroatoms. The van der Waals surface area contributed by atoms with Crippen molar-refractivity contribution in [1.29, 1.82) is 0 Å². The second-order valence-corrected chi connectivity index (χ2v) is 2.72. The van der Waals surface area contributed by atoms with E-state index in [0.29, 0.717) is 0 Å². The second kappa shape index (κ2) is 4.13. The van der Waals surface area contributed by atoms with Gasteiger partial charge in [-0.05, 0) is 26.9 Å². The van der Waals surface area contributed by atoms with E-state index in [1.54, 1.807) is 0 Å². The minimum absolute atomic E-state index is 1.04. The van der Waals surface area contributed by atoms with E-state index in [1.165, 1.54) is 0 Å². The molecule has 0 unspecified atom stereocenters. The number of aromatic nitrogens is 2. The molecule has 0 aliphatic rings. The van der Waals surface area contributed by atoms with Crippen LogP contribution in [-0.4, -0.2) is 23.6 Å². The van der Waals surface area contributed by atoms with Crippen LogP contribution in [0.15, 0.2) is 6.20 Å². The highest BCUT2D eigenvalue weighted by Gasteiger charge is 1.95. The lowest BCUT2D eigenvalue weighted by molar-refractivity contribution is 0.707. The van der Waals surface area contributed by atoms with Gasteiger partial charge in [-0.2, -0.15) is 0 Å². The summed E-state index contributed by atoms with van der Waals surface area (Å²) < 4.78 is 0. The zero-order valence-corrected chi connectivity index (χ0v) is 7.15. The van der Waals surface area contributed by atoms with Gasteiger partial charge < -0.3 is 10.3 Å². The average molecular weight is 153 g/mol. The Morgan fingerprint density at radius 1 is 1.64 bits per heavy atom. The van der Waals surface area contributed by atoms with Crippen molar-refractivity contribution in [3.05, 3.63) is 17.7 Å². The molecule has 2 N–H and O–H groups in total. The van der Waals surface area contributed by atoms with Crippen molar-refractivity contribution < 1.29 is 0 Å². The molecule has 0 bridgehead atoms. The number of hydrogen-bond acceptors (Lipinski definition) is 2. The largest absolute Gasteiger partial charge is 0.346 e. The Morgan fingerprint density at radius 3 is 3.00 bits per heavy atom. The van der Waals surface area contributed by atoms with Crippen molar-refractivity contribution >= 4 is 0 Å². The first-order valence-corrected chi connectivity index (χ1v) is 3.98. The summed E-state index contributed by atoms with van der Waals surface area (Å²) in [5.74, 6) is 1.10. The predicted octanol–water partition coefficient (Wildman–Crippen LogP) is 0.870. The minimum Gasteiger partial charge on any atom is -0.346 e. The maximum absolute atomic E-state index is 4.20. The molecule has 0 saturated carbocycles. The highest BCUT2D eigenvalue weighted by atomic mass is 14.9. The Labute approximate surface area is 67.2 Å². The van der Waals surface area contributed by atoms with Crippen molar-refractivity contribution in [3.8, 4) is 0 Å².